The van der Waals surface area contributed by atoms with Gasteiger partial charge in [-0.25, -0.2) is 4.68 Å². The molecule has 0 aliphatic rings. The summed E-state index contributed by atoms with van der Waals surface area (Å²) in [5, 5.41) is 10.5. The molecule has 3 N–H and O–H groups in total. The van der Waals surface area contributed by atoms with Gasteiger partial charge in [-0.3, -0.25) is 9.59 Å². The second-order valence-electron chi connectivity index (χ2n) is 6.46. The molecule has 8 nitrogen and oxygen atoms in total. The van der Waals surface area contributed by atoms with Crippen molar-refractivity contribution in [1.82, 2.24) is 14.9 Å². The van der Waals surface area contributed by atoms with Crippen molar-refractivity contribution in [1.29, 1.82) is 0 Å². The van der Waals surface area contributed by atoms with Crippen molar-refractivity contribution in [2.75, 3.05) is 11.2 Å². The third-order valence-corrected chi connectivity index (χ3v) is 5.27. The summed E-state index contributed by atoms with van der Waals surface area (Å²) in [6.07, 6.45) is 0. The number of anilines is 1. The van der Waals surface area contributed by atoms with Crippen LogP contribution in [0, 0.1) is 0 Å². The number of halogens is 2. The number of nitrogens with one attached hydrogen (secondary N) is 1. The number of thioether (sulfide) groups is 1. The molecule has 0 aliphatic carbocycles. The molecule has 0 spiro atoms. The Morgan fingerprint density at radius 2 is 1.74 bits per heavy atom. The summed E-state index contributed by atoms with van der Waals surface area (Å²) >= 11 is 1.11. The van der Waals surface area contributed by atoms with E-state index in [0.717, 1.165) is 11.8 Å². The first-order chi connectivity index (χ1) is 14.7. The molecule has 1 atom stereocenters. The SMILES string of the molecule is CC(=O)c1ccc(NC(=O)[C@@H](C)Sc2nnc(-c3ccc(OC(F)F)cc3)n2N)cc1. The fourth-order valence-electron chi connectivity index (χ4n) is 2.58. The highest BCUT2D eigenvalue weighted by molar-refractivity contribution is 8.00. The first-order valence-corrected chi connectivity index (χ1v) is 9.97. The Balaban J connectivity index is 1.65. The second-order valence-corrected chi connectivity index (χ2v) is 7.77. The molecule has 3 rings (SSSR count). The first-order valence-electron chi connectivity index (χ1n) is 9.09. The van der Waals surface area contributed by atoms with E-state index in [0.29, 0.717) is 27.8 Å². The number of nitrogens with zero attached hydrogens (tertiary/aromatic N) is 3. The van der Waals surface area contributed by atoms with E-state index in [4.69, 9.17) is 5.84 Å². The molecule has 0 fully saturated rings. The number of benzene rings is 2. The highest BCUT2D eigenvalue weighted by atomic mass is 32.2. The number of amides is 1. The van der Waals surface area contributed by atoms with Crippen LogP contribution in [0.4, 0.5) is 14.5 Å². The molecule has 11 heteroatoms. The maximum atomic E-state index is 12.5. The number of aromatic nitrogens is 3. The van der Waals surface area contributed by atoms with E-state index < -0.39 is 11.9 Å². The Morgan fingerprint density at radius 1 is 1.10 bits per heavy atom. The third kappa shape index (κ3) is 5.57. The van der Waals surface area contributed by atoms with Gasteiger partial charge in [0.25, 0.3) is 0 Å². The highest BCUT2D eigenvalue weighted by Gasteiger charge is 2.20. The van der Waals surface area contributed by atoms with Gasteiger partial charge in [0, 0.05) is 16.8 Å². The van der Waals surface area contributed by atoms with Gasteiger partial charge in [-0.1, -0.05) is 11.8 Å². The van der Waals surface area contributed by atoms with Gasteiger partial charge in [0.1, 0.15) is 5.75 Å². The Bertz CT molecular complexity index is 1070. The molecule has 162 valence electrons. The van der Waals surface area contributed by atoms with Gasteiger partial charge in [0.05, 0.1) is 5.25 Å². The zero-order valence-electron chi connectivity index (χ0n) is 16.6. The minimum absolute atomic E-state index is 0.0121. The van der Waals surface area contributed by atoms with Crippen molar-refractivity contribution >= 4 is 29.1 Å². The molecule has 1 aromatic heterocycles. The number of ketones is 1. The summed E-state index contributed by atoms with van der Waals surface area (Å²) in [7, 11) is 0. The van der Waals surface area contributed by atoms with Crippen molar-refractivity contribution < 1.29 is 23.1 Å². The number of rotatable bonds is 8. The number of Topliss-reactive ketones (excluding diaryl/α,β-unsaturated/α-hetero) is 1. The predicted molar refractivity (Wildman–Crippen MR) is 113 cm³/mol. The van der Waals surface area contributed by atoms with Gasteiger partial charge < -0.3 is 15.9 Å². The molecule has 2 aromatic carbocycles. The smallest absolute Gasteiger partial charge is 0.387 e. The minimum Gasteiger partial charge on any atom is -0.435 e. The van der Waals surface area contributed by atoms with Crippen LogP contribution in [0.15, 0.2) is 53.7 Å². The third-order valence-electron chi connectivity index (χ3n) is 4.21. The topological polar surface area (TPSA) is 112 Å². The lowest BCUT2D eigenvalue weighted by Gasteiger charge is -2.12. The molecule has 0 aliphatic heterocycles. The Hall–Kier alpha value is -3.47. The zero-order chi connectivity index (χ0) is 22.5. The quantitative estimate of drug-likeness (QED) is 0.308. The number of alkyl halides is 2. The van der Waals surface area contributed by atoms with Gasteiger partial charge in [0.15, 0.2) is 11.6 Å². The van der Waals surface area contributed by atoms with E-state index in [9.17, 15) is 18.4 Å². The number of carbonyl (C=O) groups is 2. The van der Waals surface area contributed by atoms with Gasteiger partial charge >= 0.3 is 6.61 Å². The van der Waals surface area contributed by atoms with E-state index in [-0.39, 0.29) is 17.4 Å². The molecule has 0 saturated carbocycles. The molecule has 0 saturated heterocycles. The molecular weight excluding hydrogens is 428 g/mol. The maximum Gasteiger partial charge on any atom is 0.387 e. The van der Waals surface area contributed by atoms with Crippen LogP contribution < -0.4 is 15.9 Å². The van der Waals surface area contributed by atoms with Crippen LogP contribution in [0.2, 0.25) is 0 Å². The minimum atomic E-state index is -2.91. The number of carbonyl (C=O) groups excluding carboxylic acids is 2. The summed E-state index contributed by atoms with van der Waals surface area (Å²) in [5.74, 6) is 6.03. The summed E-state index contributed by atoms with van der Waals surface area (Å²) in [6, 6.07) is 12.4. The van der Waals surface area contributed by atoms with Crippen molar-refractivity contribution in [2.45, 2.75) is 30.9 Å². The standard InChI is InChI=1S/C20H19F2N5O3S/c1-11(28)13-3-7-15(8-4-13)24-18(29)12(2)31-20-26-25-17(27(20)23)14-5-9-16(10-6-14)30-19(21)22/h3-10,12,19H,23H2,1-2H3,(H,24,29)/t12-/m1/s1. The second kappa shape index (κ2) is 9.56. The lowest BCUT2D eigenvalue weighted by molar-refractivity contribution is -0.115. The number of hydrogen-bond acceptors (Lipinski definition) is 7. The van der Waals surface area contributed by atoms with Crippen LogP contribution in [0.3, 0.4) is 0 Å². The molecule has 31 heavy (non-hydrogen) atoms. The average molecular weight is 447 g/mol. The van der Waals surface area contributed by atoms with Crippen LogP contribution in [0.1, 0.15) is 24.2 Å². The number of ether oxygens (including phenoxy) is 1. The lowest BCUT2D eigenvalue weighted by Crippen LogP contribution is -2.23. The van der Waals surface area contributed by atoms with Crippen LogP contribution in [0.5, 0.6) is 5.75 Å². The average Bonchev–Trinajstić information content (AvgIpc) is 3.08. The molecule has 0 unspecified atom stereocenters. The van der Waals surface area contributed by atoms with E-state index in [1.807, 2.05) is 0 Å². The summed E-state index contributed by atoms with van der Waals surface area (Å²) in [5.41, 5.74) is 1.66. The largest absolute Gasteiger partial charge is 0.435 e. The molecule has 0 bridgehead atoms. The fourth-order valence-corrected chi connectivity index (χ4v) is 3.35. The number of hydrogen-bond donors (Lipinski definition) is 2. The fraction of sp³-hybridized carbons (Fsp3) is 0.200. The summed E-state index contributed by atoms with van der Waals surface area (Å²) < 4.78 is 30.1. The van der Waals surface area contributed by atoms with Crippen LogP contribution in [-0.2, 0) is 4.79 Å². The van der Waals surface area contributed by atoms with Gasteiger partial charge in [-0.05, 0) is 62.4 Å². The number of nitrogen functional groups attached to an aromatic ring is 1. The summed E-state index contributed by atoms with van der Waals surface area (Å²) in [6.45, 7) is 0.246. The van der Waals surface area contributed by atoms with Crippen LogP contribution in [0.25, 0.3) is 11.4 Å². The monoisotopic (exact) mass is 447 g/mol. The van der Waals surface area contributed by atoms with Crippen molar-refractivity contribution in [2.24, 2.45) is 0 Å². The van der Waals surface area contributed by atoms with Gasteiger partial charge in [-0.15, -0.1) is 10.2 Å². The maximum absolute atomic E-state index is 12.5. The normalized spacial score (nSPS) is 11.9. The summed E-state index contributed by atoms with van der Waals surface area (Å²) in [4.78, 5) is 23.8. The highest BCUT2D eigenvalue weighted by Crippen LogP contribution is 2.27. The Kier molecular flexibility index (Phi) is 6.85. The van der Waals surface area contributed by atoms with Gasteiger partial charge in [-0.2, -0.15) is 8.78 Å². The van der Waals surface area contributed by atoms with Gasteiger partial charge in [0.2, 0.25) is 11.1 Å². The first kappa shape index (κ1) is 22.2. The zero-order valence-corrected chi connectivity index (χ0v) is 17.4. The number of nitrogens with two attached hydrogens (primary N) is 1. The van der Waals surface area contributed by atoms with Crippen molar-refractivity contribution in [3.8, 4) is 17.1 Å². The molecule has 0 radical (unpaired) electrons. The predicted octanol–water partition coefficient (Wildman–Crippen LogP) is 3.58. The molecule has 1 heterocycles. The molecular formula is C20H19F2N5O3S. The van der Waals surface area contributed by atoms with E-state index in [1.54, 1.807) is 31.2 Å². The molecule has 1 amide bonds. The Labute approximate surface area is 180 Å². The van der Waals surface area contributed by atoms with E-state index >= 15 is 0 Å². The Morgan fingerprint density at radius 3 is 2.32 bits per heavy atom. The van der Waals surface area contributed by atoms with Crippen molar-refractivity contribution in [3.63, 3.8) is 0 Å². The molecule has 3 aromatic rings. The van der Waals surface area contributed by atoms with Crippen molar-refractivity contribution in [3.05, 3.63) is 54.1 Å². The van der Waals surface area contributed by atoms with Crippen LogP contribution in [-0.4, -0.2) is 38.4 Å². The van der Waals surface area contributed by atoms with Crippen LogP contribution >= 0.6 is 11.8 Å². The van der Waals surface area contributed by atoms with E-state index in [2.05, 4.69) is 20.3 Å². The van der Waals surface area contributed by atoms with E-state index in [1.165, 1.54) is 35.9 Å². The lowest BCUT2D eigenvalue weighted by atomic mass is 10.1.